The highest BCUT2D eigenvalue weighted by Gasteiger charge is 2.14. The number of nitrogens with zero attached hydrogens (tertiary/aromatic N) is 2. The van der Waals surface area contributed by atoms with E-state index in [1.807, 2.05) is 18.2 Å². The van der Waals surface area contributed by atoms with Crippen molar-refractivity contribution in [3.8, 4) is 0 Å². The number of piperazine rings is 1. The molecule has 94 valence electrons. The maximum atomic E-state index is 10.6. The fraction of sp³-hybridized carbons (Fsp3) is 0.455. The first-order valence-corrected chi connectivity index (χ1v) is 6.62. The van der Waals surface area contributed by atoms with Gasteiger partial charge in [0.15, 0.2) is 0 Å². The van der Waals surface area contributed by atoms with Crippen LogP contribution in [0.15, 0.2) is 24.3 Å². The lowest BCUT2D eigenvalue weighted by Crippen LogP contribution is -2.44. The summed E-state index contributed by atoms with van der Waals surface area (Å²) in [5, 5.41) is 0. The highest BCUT2D eigenvalue weighted by Crippen LogP contribution is 2.20. The second kappa shape index (κ2) is 5.48. The van der Waals surface area contributed by atoms with Crippen LogP contribution in [-0.2, 0) is 11.3 Å². The molecule has 0 aliphatic carbocycles. The van der Waals surface area contributed by atoms with Crippen molar-refractivity contribution in [1.29, 1.82) is 0 Å². The molecule has 1 fully saturated rings. The zero-order valence-electron chi connectivity index (χ0n) is 9.76. The van der Waals surface area contributed by atoms with Crippen molar-refractivity contribution in [2.75, 3.05) is 42.8 Å². The van der Waals surface area contributed by atoms with Gasteiger partial charge in [-0.25, -0.2) is 0 Å². The van der Waals surface area contributed by atoms with Crippen LogP contribution in [0.25, 0.3) is 0 Å². The van der Waals surface area contributed by atoms with Crippen molar-refractivity contribution in [3.63, 3.8) is 0 Å². The maximum Gasteiger partial charge on any atom is 0.0473 e. The molecule has 1 aliphatic heterocycles. The summed E-state index contributed by atoms with van der Waals surface area (Å²) in [4.78, 5) is 4.55. The molecule has 6 heteroatoms. The number of likely N-dealkylation sites (N-methyl/N-ethyl adjacent to an activating group) is 1. The molecule has 0 bridgehead atoms. The summed E-state index contributed by atoms with van der Waals surface area (Å²) in [5.41, 5.74) is 1.67. The van der Waals surface area contributed by atoms with Crippen LogP contribution < -0.4 is 9.62 Å². The average Bonchev–Trinajstić information content (AvgIpc) is 2.29. The Kier molecular flexibility index (Phi) is 3.98. The Morgan fingerprint density at radius 1 is 1.29 bits per heavy atom. The Hall–Kier alpha value is -1.11. The minimum absolute atomic E-state index is 0.606. The molecule has 1 aromatic carbocycles. The van der Waals surface area contributed by atoms with Crippen molar-refractivity contribution in [2.24, 2.45) is 0 Å². The molecule has 1 N–H and O–H groups in total. The first kappa shape index (κ1) is 12.3. The van der Waals surface area contributed by atoms with Gasteiger partial charge in [0.2, 0.25) is 0 Å². The van der Waals surface area contributed by atoms with Crippen LogP contribution in [0, 0.1) is 0 Å². The van der Waals surface area contributed by atoms with E-state index in [1.165, 1.54) is 0 Å². The van der Waals surface area contributed by atoms with Gasteiger partial charge in [-0.3, -0.25) is 4.21 Å². The van der Waals surface area contributed by atoms with E-state index in [-0.39, 0.29) is 0 Å². The lowest BCUT2D eigenvalue weighted by atomic mass is 10.2. The van der Waals surface area contributed by atoms with Gasteiger partial charge in [0.1, 0.15) is 0 Å². The predicted octanol–water partition coefficient (Wildman–Crippen LogP) is 0.644. The molecule has 0 radical (unpaired) electrons. The summed E-state index contributed by atoms with van der Waals surface area (Å²) in [6, 6.07) is 7.48. The third-order valence-corrected chi connectivity index (χ3v) is 3.32. The van der Waals surface area contributed by atoms with Crippen LogP contribution in [0.1, 0.15) is 0 Å². The molecule has 1 aromatic rings. The Morgan fingerprint density at radius 3 is 2.65 bits per heavy atom. The zero-order chi connectivity index (χ0) is 12.3. The van der Waals surface area contributed by atoms with Gasteiger partial charge < -0.3 is 19.1 Å². The van der Waals surface area contributed by atoms with Gasteiger partial charge in [0, 0.05) is 48.8 Å². The topological polar surface area (TPSA) is 58.6 Å². The normalized spacial score (nSPS) is 19.1. The summed E-state index contributed by atoms with van der Waals surface area (Å²) < 4.78 is 23.5. The lowest BCUT2D eigenvalue weighted by molar-refractivity contribution is 0.313. The third-order valence-electron chi connectivity index (χ3n) is 2.92. The fourth-order valence-electron chi connectivity index (χ4n) is 1.93. The molecule has 0 saturated carbocycles. The first-order chi connectivity index (χ1) is 8.15. The number of nitrogens with one attached hydrogen (secondary N) is 1. The maximum absolute atomic E-state index is 10.6. The Bertz CT molecular complexity index is 405. The van der Waals surface area contributed by atoms with E-state index in [2.05, 4.69) is 21.6 Å². The molecule has 2 rings (SSSR count). The smallest absolute Gasteiger partial charge is 0.0473 e. The molecule has 1 unspecified atom stereocenters. The lowest BCUT2D eigenvalue weighted by Gasteiger charge is -2.34. The summed E-state index contributed by atoms with van der Waals surface area (Å²) in [7, 11) is 2.11. The standard InChI is InChI=1S/C11H17N3O2S/c1-13-5-7-14(8-6-13)11-4-2-3-10(9-11)12-17(15)16/h2-4,9,12H,5-8H2,1H3,(H,15,16)/p-1. The quantitative estimate of drug-likeness (QED) is 0.804. The van der Waals surface area contributed by atoms with Gasteiger partial charge >= 0.3 is 0 Å². The fourth-order valence-corrected chi connectivity index (χ4v) is 2.25. The molecule has 0 spiro atoms. The van der Waals surface area contributed by atoms with E-state index in [0.717, 1.165) is 31.9 Å². The van der Waals surface area contributed by atoms with Gasteiger partial charge in [-0.1, -0.05) is 6.07 Å². The Morgan fingerprint density at radius 2 is 2.00 bits per heavy atom. The number of benzene rings is 1. The molecule has 1 saturated heterocycles. The van der Waals surface area contributed by atoms with Crippen molar-refractivity contribution >= 4 is 22.6 Å². The van der Waals surface area contributed by atoms with Crippen LogP contribution in [-0.4, -0.2) is 46.9 Å². The van der Waals surface area contributed by atoms with Crippen LogP contribution in [0.5, 0.6) is 0 Å². The van der Waals surface area contributed by atoms with Gasteiger partial charge in [0.25, 0.3) is 0 Å². The molecular formula is C11H16N3O2S-. The van der Waals surface area contributed by atoms with E-state index in [9.17, 15) is 8.76 Å². The number of hydrogen-bond acceptors (Lipinski definition) is 4. The summed E-state index contributed by atoms with van der Waals surface area (Å²) >= 11 is -2.26. The number of rotatable bonds is 3. The average molecular weight is 254 g/mol. The van der Waals surface area contributed by atoms with Gasteiger partial charge in [0.05, 0.1) is 0 Å². The van der Waals surface area contributed by atoms with E-state index in [4.69, 9.17) is 0 Å². The van der Waals surface area contributed by atoms with E-state index in [1.54, 1.807) is 6.07 Å². The second-order valence-corrected chi connectivity index (χ2v) is 4.85. The zero-order valence-corrected chi connectivity index (χ0v) is 10.6. The largest absolute Gasteiger partial charge is 0.755 e. The number of hydrogen-bond donors (Lipinski definition) is 1. The predicted molar refractivity (Wildman–Crippen MR) is 68.7 cm³/mol. The van der Waals surface area contributed by atoms with Crippen LogP contribution >= 0.6 is 0 Å². The van der Waals surface area contributed by atoms with E-state index in [0.29, 0.717) is 5.69 Å². The van der Waals surface area contributed by atoms with Gasteiger partial charge in [-0.05, 0) is 25.2 Å². The first-order valence-electron chi connectivity index (χ1n) is 5.54. The summed E-state index contributed by atoms with van der Waals surface area (Å²) in [5.74, 6) is 0. The SMILES string of the molecule is CN1CCN(c2cccc(NS(=O)[O-])c2)CC1. The molecule has 1 aliphatic rings. The molecule has 5 nitrogen and oxygen atoms in total. The Balaban J connectivity index is 2.07. The molecular weight excluding hydrogens is 238 g/mol. The molecule has 0 amide bonds. The van der Waals surface area contributed by atoms with Crippen molar-refractivity contribution in [2.45, 2.75) is 0 Å². The minimum atomic E-state index is -2.26. The van der Waals surface area contributed by atoms with Crippen molar-refractivity contribution in [3.05, 3.63) is 24.3 Å². The highest BCUT2D eigenvalue weighted by atomic mass is 32.2. The van der Waals surface area contributed by atoms with Crippen molar-refractivity contribution < 1.29 is 8.76 Å². The van der Waals surface area contributed by atoms with E-state index < -0.39 is 11.3 Å². The van der Waals surface area contributed by atoms with Crippen LogP contribution in [0.3, 0.4) is 0 Å². The van der Waals surface area contributed by atoms with Crippen LogP contribution in [0.4, 0.5) is 11.4 Å². The molecule has 1 heterocycles. The minimum Gasteiger partial charge on any atom is -0.755 e. The molecule has 17 heavy (non-hydrogen) atoms. The number of anilines is 2. The third kappa shape index (κ3) is 3.42. The molecule has 1 atom stereocenters. The van der Waals surface area contributed by atoms with Crippen molar-refractivity contribution in [1.82, 2.24) is 4.90 Å². The van der Waals surface area contributed by atoms with Crippen LogP contribution in [0.2, 0.25) is 0 Å². The summed E-state index contributed by atoms with van der Waals surface area (Å²) in [6.45, 7) is 4.01. The second-order valence-electron chi connectivity index (χ2n) is 4.18. The highest BCUT2D eigenvalue weighted by molar-refractivity contribution is 7.80. The van der Waals surface area contributed by atoms with Gasteiger partial charge in [-0.15, -0.1) is 0 Å². The van der Waals surface area contributed by atoms with E-state index >= 15 is 0 Å². The monoisotopic (exact) mass is 254 g/mol. The van der Waals surface area contributed by atoms with Gasteiger partial charge in [-0.2, -0.15) is 0 Å². The molecule has 0 aromatic heterocycles. The summed E-state index contributed by atoms with van der Waals surface area (Å²) in [6.07, 6.45) is 0. The Labute approximate surface area is 104 Å².